The van der Waals surface area contributed by atoms with Crippen LogP contribution < -0.4 is 0 Å². The molecule has 0 bridgehead atoms. The van der Waals surface area contributed by atoms with Crippen LogP contribution in [0.15, 0.2) is 18.3 Å². The molecule has 1 fully saturated rings. The van der Waals surface area contributed by atoms with Gasteiger partial charge in [0.2, 0.25) is 5.88 Å². The van der Waals surface area contributed by atoms with Gasteiger partial charge in [-0.25, -0.2) is 9.48 Å². The van der Waals surface area contributed by atoms with Gasteiger partial charge >= 0.3 is 5.97 Å². The molecule has 104 valence electrons. The van der Waals surface area contributed by atoms with Crippen molar-refractivity contribution in [3.8, 4) is 17.1 Å². The standard InChI is InChI=1S/C14H15N3O3/c1-8-5-9(14(19)20-2)6-12(16-8)11-7-15-17(13(11)18)10-3-4-10/h5-7,10,18H,3-4H2,1-2H3. The summed E-state index contributed by atoms with van der Waals surface area (Å²) in [5.41, 5.74) is 2.15. The summed E-state index contributed by atoms with van der Waals surface area (Å²) in [6.07, 6.45) is 3.64. The van der Waals surface area contributed by atoms with E-state index in [9.17, 15) is 9.90 Å². The highest BCUT2D eigenvalue weighted by molar-refractivity contribution is 5.90. The molecule has 0 spiro atoms. The van der Waals surface area contributed by atoms with Gasteiger partial charge in [-0.15, -0.1) is 0 Å². The molecule has 2 aromatic rings. The summed E-state index contributed by atoms with van der Waals surface area (Å²) >= 11 is 0. The Bertz CT molecular complexity index is 674. The molecule has 2 aromatic heterocycles. The second-order valence-electron chi connectivity index (χ2n) is 4.93. The first-order chi connectivity index (χ1) is 9.60. The number of aryl methyl sites for hydroxylation is 1. The summed E-state index contributed by atoms with van der Waals surface area (Å²) in [4.78, 5) is 16.0. The molecular weight excluding hydrogens is 258 g/mol. The first-order valence-electron chi connectivity index (χ1n) is 6.44. The third-order valence-electron chi connectivity index (χ3n) is 3.31. The Balaban J connectivity index is 2.05. The van der Waals surface area contributed by atoms with Gasteiger partial charge < -0.3 is 9.84 Å². The van der Waals surface area contributed by atoms with E-state index in [1.807, 2.05) is 0 Å². The maximum Gasteiger partial charge on any atom is 0.337 e. The monoisotopic (exact) mass is 273 g/mol. The predicted octanol–water partition coefficient (Wildman–Crippen LogP) is 2.08. The highest BCUT2D eigenvalue weighted by Crippen LogP contribution is 2.40. The maximum atomic E-state index is 11.6. The number of pyridine rings is 1. The van der Waals surface area contributed by atoms with E-state index in [1.165, 1.54) is 7.11 Å². The van der Waals surface area contributed by atoms with E-state index in [4.69, 9.17) is 4.74 Å². The van der Waals surface area contributed by atoms with Crippen LogP contribution >= 0.6 is 0 Å². The molecule has 0 aliphatic heterocycles. The number of methoxy groups -OCH3 is 1. The number of esters is 1. The minimum atomic E-state index is -0.425. The van der Waals surface area contributed by atoms with Crippen LogP contribution in [0.2, 0.25) is 0 Å². The molecule has 1 N–H and O–H groups in total. The van der Waals surface area contributed by atoms with Crippen LogP contribution in [-0.4, -0.2) is 33.0 Å². The lowest BCUT2D eigenvalue weighted by Crippen LogP contribution is -2.03. The fourth-order valence-corrected chi connectivity index (χ4v) is 2.17. The van der Waals surface area contributed by atoms with Crippen LogP contribution in [0.25, 0.3) is 11.3 Å². The van der Waals surface area contributed by atoms with E-state index >= 15 is 0 Å². The Labute approximate surface area is 116 Å². The van der Waals surface area contributed by atoms with Crippen molar-refractivity contribution in [2.45, 2.75) is 25.8 Å². The van der Waals surface area contributed by atoms with E-state index in [-0.39, 0.29) is 11.9 Å². The van der Waals surface area contributed by atoms with Gasteiger partial charge in [-0.3, -0.25) is 4.98 Å². The summed E-state index contributed by atoms with van der Waals surface area (Å²) in [5, 5.41) is 14.4. The predicted molar refractivity (Wildman–Crippen MR) is 71.5 cm³/mol. The lowest BCUT2D eigenvalue weighted by Gasteiger charge is -2.05. The number of nitrogens with zero attached hydrogens (tertiary/aromatic N) is 3. The minimum absolute atomic E-state index is 0.0985. The summed E-state index contributed by atoms with van der Waals surface area (Å²) in [5.74, 6) is -0.327. The number of aromatic nitrogens is 3. The zero-order valence-corrected chi connectivity index (χ0v) is 11.3. The van der Waals surface area contributed by atoms with Gasteiger partial charge in [0.1, 0.15) is 0 Å². The van der Waals surface area contributed by atoms with Crippen LogP contribution in [0.5, 0.6) is 5.88 Å². The Hall–Kier alpha value is -2.37. The number of carbonyl (C=O) groups excluding carboxylic acids is 1. The summed E-state index contributed by atoms with van der Waals surface area (Å²) in [6, 6.07) is 3.54. The fourth-order valence-electron chi connectivity index (χ4n) is 2.17. The van der Waals surface area contributed by atoms with E-state index in [0.717, 1.165) is 12.8 Å². The number of rotatable bonds is 3. The van der Waals surface area contributed by atoms with E-state index in [0.29, 0.717) is 22.5 Å². The fraction of sp³-hybridized carbons (Fsp3) is 0.357. The Kier molecular flexibility index (Phi) is 2.93. The molecule has 2 heterocycles. The van der Waals surface area contributed by atoms with Crippen molar-refractivity contribution in [3.05, 3.63) is 29.6 Å². The Morgan fingerprint density at radius 1 is 1.45 bits per heavy atom. The summed E-state index contributed by atoms with van der Waals surface area (Å²) in [6.45, 7) is 1.79. The molecule has 1 aliphatic carbocycles. The van der Waals surface area contributed by atoms with Crippen molar-refractivity contribution >= 4 is 5.97 Å². The molecule has 0 saturated heterocycles. The molecule has 0 radical (unpaired) electrons. The zero-order chi connectivity index (χ0) is 14.3. The van der Waals surface area contributed by atoms with Crippen molar-refractivity contribution in [1.82, 2.24) is 14.8 Å². The maximum absolute atomic E-state index is 11.6. The SMILES string of the molecule is COC(=O)c1cc(C)nc(-c2cnn(C3CC3)c2O)c1. The van der Waals surface area contributed by atoms with Gasteiger partial charge in [-0.2, -0.15) is 5.10 Å². The average molecular weight is 273 g/mol. The molecule has 1 aliphatic rings. The van der Waals surface area contributed by atoms with E-state index in [1.54, 1.807) is 29.9 Å². The number of carbonyl (C=O) groups is 1. The largest absolute Gasteiger partial charge is 0.493 e. The molecule has 0 aromatic carbocycles. The highest BCUT2D eigenvalue weighted by atomic mass is 16.5. The van der Waals surface area contributed by atoms with E-state index < -0.39 is 5.97 Å². The van der Waals surface area contributed by atoms with Crippen molar-refractivity contribution < 1.29 is 14.6 Å². The Morgan fingerprint density at radius 3 is 2.85 bits per heavy atom. The Morgan fingerprint density at radius 2 is 2.20 bits per heavy atom. The molecule has 20 heavy (non-hydrogen) atoms. The summed E-state index contributed by atoms with van der Waals surface area (Å²) in [7, 11) is 1.33. The topological polar surface area (TPSA) is 77.2 Å². The molecule has 3 rings (SSSR count). The third kappa shape index (κ3) is 2.13. The molecule has 6 heteroatoms. The number of aromatic hydroxyl groups is 1. The molecule has 0 amide bonds. The number of ether oxygens (including phenoxy) is 1. The zero-order valence-electron chi connectivity index (χ0n) is 11.3. The smallest absolute Gasteiger partial charge is 0.337 e. The van der Waals surface area contributed by atoms with Crippen molar-refractivity contribution in [2.75, 3.05) is 7.11 Å². The molecule has 0 atom stereocenters. The van der Waals surface area contributed by atoms with Gasteiger partial charge in [-0.1, -0.05) is 0 Å². The lowest BCUT2D eigenvalue weighted by molar-refractivity contribution is 0.0600. The van der Waals surface area contributed by atoms with Crippen LogP contribution in [0.1, 0.15) is 34.9 Å². The van der Waals surface area contributed by atoms with Crippen molar-refractivity contribution in [3.63, 3.8) is 0 Å². The highest BCUT2D eigenvalue weighted by Gasteiger charge is 2.28. The first kappa shape index (κ1) is 12.7. The quantitative estimate of drug-likeness (QED) is 0.866. The third-order valence-corrected chi connectivity index (χ3v) is 3.31. The first-order valence-corrected chi connectivity index (χ1v) is 6.44. The van der Waals surface area contributed by atoms with Gasteiger partial charge in [0.25, 0.3) is 0 Å². The summed E-state index contributed by atoms with van der Waals surface area (Å²) < 4.78 is 6.32. The van der Waals surface area contributed by atoms with Crippen LogP contribution in [0, 0.1) is 6.92 Å². The molecular formula is C14H15N3O3. The average Bonchev–Trinajstić information content (AvgIpc) is 3.20. The van der Waals surface area contributed by atoms with Crippen LogP contribution in [-0.2, 0) is 4.74 Å². The lowest BCUT2D eigenvalue weighted by atomic mass is 10.1. The number of hydrogen-bond donors (Lipinski definition) is 1. The minimum Gasteiger partial charge on any atom is -0.493 e. The molecule has 6 nitrogen and oxygen atoms in total. The van der Waals surface area contributed by atoms with Gasteiger partial charge in [0.05, 0.1) is 36.2 Å². The van der Waals surface area contributed by atoms with Crippen molar-refractivity contribution in [1.29, 1.82) is 0 Å². The second-order valence-corrected chi connectivity index (χ2v) is 4.93. The molecule has 1 saturated carbocycles. The van der Waals surface area contributed by atoms with Crippen molar-refractivity contribution in [2.24, 2.45) is 0 Å². The number of hydrogen-bond acceptors (Lipinski definition) is 5. The van der Waals surface area contributed by atoms with Gasteiger partial charge in [-0.05, 0) is 31.9 Å². The van der Waals surface area contributed by atoms with Gasteiger partial charge in [0, 0.05) is 5.69 Å². The van der Waals surface area contributed by atoms with Crippen LogP contribution in [0.4, 0.5) is 0 Å². The normalized spacial score (nSPS) is 14.3. The second kappa shape index (κ2) is 4.63. The van der Waals surface area contributed by atoms with E-state index in [2.05, 4.69) is 10.1 Å². The van der Waals surface area contributed by atoms with Crippen LogP contribution in [0.3, 0.4) is 0 Å². The molecule has 0 unspecified atom stereocenters. The van der Waals surface area contributed by atoms with Gasteiger partial charge in [0.15, 0.2) is 0 Å².